The molecule has 0 spiro atoms. The Morgan fingerprint density at radius 2 is 1.48 bits per heavy atom. The van der Waals surface area contributed by atoms with Gasteiger partial charge in [0.2, 0.25) is 23.6 Å². The van der Waals surface area contributed by atoms with Crippen molar-refractivity contribution in [3.63, 3.8) is 0 Å². The third kappa shape index (κ3) is 12.4. The predicted octanol–water partition coefficient (Wildman–Crippen LogP) is 2.59. The van der Waals surface area contributed by atoms with Gasteiger partial charge in [-0.05, 0) is 61.8 Å². The number of hydrogen-bond acceptors (Lipinski definition) is 12. The third-order valence-corrected chi connectivity index (χ3v) is 12.5. The van der Waals surface area contributed by atoms with E-state index in [4.69, 9.17) is 9.47 Å². The quantitative estimate of drug-likeness (QED) is 0.0859. The summed E-state index contributed by atoms with van der Waals surface area (Å²) in [5.74, 6) is -6.13. The molecule has 1 aromatic heterocycles. The molecule has 7 atom stereocenters. The fourth-order valence-electron chi connectivity index (χ4n) is 8.86. The number of amides is 5. The SMILES string of the molecule is COC(=O)/C=C/CC[C@H](NC(=O)c1cnccc1C(=O)O)C(=O)N[C@H](C(=O)N1CC2OC2C[C@H]1C(=O)N[C@H](C(=O)N[C@H](C(=O)OC)C1CCCCC1)C1CCCCC1)C(C)(C)C. The highest BCUT2D eigenvalue weighted by Gasteiger charge is 2.53. The number of aromatic nitrogens is 1. The average molecular weight is 867 g/mol. The minimum Gasteiger partial charge on any atom is -0.478 e. The lowest BCUT2D eigenvalue weighted by Crippen LogP contribution is -2.64. The second-order valence-corrected chi connectivity index (χ2v) is 17.8. The Labute approximate surface area is 362 Å². The van der Waals surface area contributed by atoms with Gasteiger partial charge in [-0.2, -0.15) is 0 Å². The summed E-state index contributed by atoms with van der Waals surface area (Å²) in [6, 6.07) is -4.32. The Balaban J connectivity index is 1.38. The Kier molecular flexibility index (Phi) is 16.6. The van der Waals surface area contributed by atoms with Crippen molar-refractivity contribution < 1.29 is 57.7 Å². The zero-order valence-electron chi connectivity index (χ0n) is 36.3. The number of nitrogens with zero attached hydrogens (tertiary/aromatic N) is 2. The number of methoxy groups -OCH3 is 2. The first kappa shape index (κ1) is 47.7. The van der Waals surface area contributed by atoms with Crippen LogP contribution in [0.25, 0.3) is 0 Å². The second-order valence-electron chi connectivity index (χ2n) is 17.8. The number of likely N-dealkylation sites (tertiary alicyclic amines) is 1. The Bertz CT molecular complexity index is 1850. The number of pyridine rings is 1. The number of ether oxygens (including phenoxy) is 3. The lowest BCUT2D eigenvalue weighted by Gasteiger charge is -2.40. The summed E-state index contributed by atoms with van der Waals surface area (Å²) in [4.78, 5) is 113. The summed E-state index contributed by atoms with van der Waals surface area (Å²) in [7, 11) is 2.50. The summed E-state index contributed by atoms with van der Waals surface area (Å²) >= 11 is 0. The normalized spacial score (nSPS) is 22.5. The number of hydrogen-bond donors (Lipinski definition) is 5. The van der Waals surface area contributed by atoms with Crippen molar-refractivity contribution in [1.82, 2.24) is 31.2 Å². The van der Waals surface area contributed by atoms with Crippen molar-refractivity contribution in [2.45, 2.75) is 147 Å². The topological polar surface area (TPSA) is 252 Å². The van der Waals surface area contributed by atoms with Gasteiger partial charge in [-0.3, -0.25) is 29.0 Å². The average Bonchev–Trinajstić information content (AvgIpc) is 4.05. The molecule has 2 saturated carbocycles. The summed E-state index contributed by atoms with van der Waals surface area (Å²) in [5, 5.41) is 21.0. The number of fused-ring (bicyclic) bond motifs is 1. The second kappa shape index (κ2) is 21.6. The smallest absolute Gasteiger partial charge is 0.336 e. The van der Waals surface area contributed by atoms with Crippen LogP contribution in [-0.2, 0) is 43.0 Å². The van der Waals surface area contributed by atoms with Crippen LogP contribution in [-0.4, -0.2) is 126 Å². The van der Waals surface area contributed by atoms with E-state index in [-0.39, 0.29) is 61.0 Å². The molecule has 5 rings (SSSR count). The maximum atomic E-state index is 14.8. The standard InChI is InChI=1S/C44H62N6O12/c1-44(2,3)36(49-38(53)29(18-12-13-19-33(51)60-4)46-37(52)28-23-45-21-20-27(28)42(57)58)41(56)50-24-32-31(62-32)22-30(50)39(54)47-34(25-14-8-6-9-15-25)40(55)48-35(43(59)61-5)26-16-10-7-11-17-26/h13,19-21,23,25-26,29-32,34-36H,6-12,14-18,22,24H2,1-5H3,(H,46,52)(H,47,54)(H,48,55)(H,49,53)(H,57,58)/b19-13+/t29-,30-,31?,32?,34-,35-,36+/m0/s1. The summed E-state index contributed by atoms with van der Waals surface area (Å²) in [6.07, 6.45) is 13.1. The van der Waals surface area contributed by atoms with E-state index in [1.165, 1.54) is 31.4 Å². The predicted molar refractivity (Wildman–Crippen MR) is 222 cm³/mol. The molecule has 18 heteroatoms. The zero-order valence-corrected chi connectivity index (χ0v) is 36.3. The van der Waals surface area contributed by atoms with Gasteiger partial charge in [0.05, 0.1) is 38.0 Å². The number of carboxylic acid groups (broad SMARTS) is 1. The number of carbonyl (C=O) groups excluding carboxylic acids is 7. The third-order valence-electron chi connectivity index (χ3n) is 12.5. The van der Waals surface area contributed by atoms with Crippen molar-refractivity contribution in [2.24, 2.45) is 17.3 Å². The number of allylic oxidation sites excluding steroid dienone is 1. The molecule has 0 aromatic carbocycles. The number of nitrogens with one attached hydrogen (secondary N) is 4. The van der Waals surface area contributed by atoms with E-state index >= 15 is 0 Å². The molecule has 5 amide bonds. The monoisotopic (exact) mass is 866 g/mol. The van der Waals surface area contributed by atoms with Crippen LogP contribution in [0.2, 0.25) is 0 Å². The Morgan fingerprint density at radius 3 is 2.08 bits per heavy atom. The maximum absolute atomic E-state index is 14.8. The van der Waals surface area contributed by atoms with Gasteiger partial charge in [-0.25, -0.2) is 14.4 Å². The number of piperidine rings is 1. The molecule has 1 aromatic rings. The minimum absolute atomic E-state index is 0.0495. The highest BCUT2D eigenvalue weighted by Crippen LogP contribution is 2.37. The number of epoxide rings is 1. The van der Waals surface area contributed by atoms with Crippen molar-refractivity contribution in [3.8, 4) is 0 Å². The van der Waals surface area contributed by atoms with Gasteiger partial charge in [0, 0.05) is 24.9 Å². The van der Waals surface area contributed by atoms with Gasteiger partial charge >= 0.3 is 17.9 Å². The summed E-state index contributed by atoms with van der Waals surface area (Å²) < 4.78 is 15.6. The first-order valence-electron chi connectivity index (χ1n) is 21.7. The van der Waals surface area contributed by atoms with Crippen LogP contribution in [0.15, 0.2) is 30.6 Å². The van der Waals surface area contributed by atoms with Gasteiger partial charge in [0.25, 0.3) is 5.91 Å². The van der Waals surface area contributed by atoms with Gasteiger partial charge < -0.3 is 45.5 Å². The van der Waals surface area contributed by atoms with Crippen molar-refractivity contribution >= 4 is 47.4 Å². The molecule has 5 N–H and O–H groups in total. The zero-order chi connectivity index (χ0) is 45.1. The van der Waals surface area contributed by atoms with E-state index in [0.29, 0.717) is 12.8 Å². The molecule has 0 bridgehead atoms. The molecule has 4 fully saturated rings. The van der Waals surface area contributed by atoms with Crippen LogP contribution >= 0.6 is 0 Å². The van der Waals surface area contributed by atoms with Crippen LogP contribution in [0.5, 0.6) is 0 Å². The van der Waals surface area contributed by atoms with Crippen molar-refractivity contribution in [3.05, 3.63) is 41.7 Å². The van der Waals surface area contributed by atoms with Crippen LogP contribution < -0.4 is 21.3 Å². The minimum atomic E-state index is -1.38. The largest absolute Gasteiger partial charge is 0.478 e. The molecule has 2 aliphatic carbocycles. The van der Waals surface area contributed by atoms with Gasteiger partial charge in [-0.15, -0.1) is 0 Å². The number of carbonyl (C=O) groups is 8. The van der Waals surface area contributed by atoms with Crippen molar-refractivity contribution in [1.29, 1.82) is 0 Å². The number of esters is 2. The van der Waals surface area contributed by atoms with Crippen LogP contribution in [0.4, 0.5) is 0 Å². The van der Waals surface area contributed by atoms with Crippen LogP contribution in [0.1, 0.15) is 125 Å². The molecule has 0 radical (unpaired) electrons. The molecular weight excluding hydrogens is 805 g/mol. The fraction of sp³-hybridized carbons (Fsp3) is 0.659. The molecule has 2 unspecified atom stereocenters. The number of aromatic carboxylic acids is 1. The van der Waals surface area contributed by atoms with E-state index in [1.54, 1.807) is 20.8 Å². The highest BCUT2D eigenvalue weighted by molar-refractivity contribution is 6.06. The molecule has 2 aliphatic heterocycles. The maximum Gasteiger partial charge on any atom is 0.336 e. The molecule has 18 nitrogen and oxygen atoms in total. The van der Waals surface area contributed by atoms with E-state index in [1.807, 2.05) is 0 Å². The molecule has 3 heterocycles. The Morgan fingerprint density at radius 1 is 0.839 bits per heavy atom. The molecule has 4 aliphatic rings. The van der Waals surface area contributed by atoms with E-state index in [2.05, 4.69) is 31.0 Å². The summed E-state index contributed by atoms with van der Waals surface area (Å²) in [5.41, 5.74) is -1.57. The van der Waals surface area contributed by atoms with Crippen LogP contribution in [0.3, 0.4) is 0 Å². The van der Waals surface area contributed by atoms with E-state index < -0.39 is 83.1 Å². The van der Waals surface area contributed by atoms with E-state index in [0.717, 1.165) is 69.7 Å². The molecular formula is C44H62N6O12. The highest BCUT2D eigenvalue weighted by atomic mass is 16.6. The number of rotatable bonds is 17. The molecule has 340 valence electrons. The van der Waals surface area contributed by atoms with Crippen LogP contribution in [0, 0.1) is 17.3 Å². The summed E-state index contributed by atoms with van der Waals surface area (Å²) in [6.45, 7) is 5.26. The van der Waals surface area contributed by atoms with Gasteiger partial charge in [-0.1, -0.05) is 65.4 Å². The fourth-order valence-corrected chi connectivity index (χ4v) is 8.86. The van der Waals surface area contributed by atoms with Gasteiger partial charge in [0.15, 0.2) is 0 Å². The first-order valence-corrected chi connectivity index (χ1v) is 21.7. The Hall–Kier alpha value is -5.39. The van der Waals surface area contributed by atoms with Gasteiger partial charge in [0.1, 0.15) is 36.3 Å². The van der Waals surface area contributed by atoms with E-state index in [9.17, 15) is 43.5 Å². The first-order chi connectivity index (χ1) is 29.5. The molecule has 62 heavy (non-hydrogen) atoms. The lowest BCUT2D eigenvalue weighted by atomic mass is 9.81. The lowest BCUT2D eigenvalue weighted by molar-refractivity contribution is -0.149. The number of carboxylic acids is 1. The van der Waals surface area contributed by atoms with Crippen molar-refractivity contribution in [2.75, 3.05) is 20.8 Å². The molecule has 2 saturated heterocycles.